The fourth-order valence-corrected chi connectivity index (χ4v) is 2.51. The number of nitriles is 1. The summed E-state index contributed by atoms with van der Waals surface area (Å²) >= 11 is 0. The van der Waals surface area contributed by atoms with Gasteiger partial charge in [-0.25, -0.2) is 8.78 Å². The van der Waals surface area contributed by atoms with Gasteiger partial charge in [0, 0.05) is 16.7 Å². The van der Waals surface area contributed by atoms with Crippen LogP contribution in [-0.4, -0.2) is 0 Å². The highest BCUT2D eigenvalue weighted by molar-refractivity contribution is 5.90. The predicted molar refractivity (Wildman–Crippen MR) is 97.1 cm³/mol. The van der Waals surface area contributed by atoms with Crippen molar-refractivity contribution in [3.8, 4) is 11.8 Å². The molecule has 0 aliphatic heterocycles. The predicted octanol–water partition coefficient (Wildman–Crippen LogP) is 5.61. The van der Waals surface area contributed by atoms with Gasteiger partial charge < -0.3 is 4.74 Å². The summed E-state index contributed by atoms with van der Waals surface area (Å²) in [7, 11) is 0. The Kier molecular flexibility index (Phi) is 5.40. The Morgan fingerprint density at radius 3 is 2.27 bits per heavy atom. The topological polar surface area (TPSA) is 33.0 Å². The van der Waals surface area contributed by atoms with E-state index in [0.29, 0.717) is 16.9 Å². The molecular weight excluding hydrogens is 332 g/mol. The summed E-state index contributed by atoms with van der Waals surface area (Å²) in [5.41, 5.74) is 1.45. The average Bonchev–Trinajstić information content (AvgIpc) is 2.67. The molecule has 0 unspecified atom stereocenters. The highest BCUT2D eigenvalue weighted by Gasteiger charge is 2.09. The van der Waals surface area contributed by atoms with E-state index in [-0.39, 0.29) is 23.6 Å². The molecule has 0 amide bonds. The fraction of sp³-hybridized carbons (Fsp3) is 0.0455. The van der Waals surface area contributed by atoms with E-state index in [1.54, 1.807) is 66.7 Å². The Morgan fingerprint density at radius 1 is 0.885 bits per heavy atom. The second-order valence-corrected chi connectivity index (χ2v) is 5.57. The molecule has 3 rings (SSSR count). The quantitative estimate of drug-likeness (QED) is 0.444. The van der Waals surface area contributed by atoms with E-state index in [9.17, 15) is 14.0 Å². The van der Waals surface area contributed by atoms with Gasteiger partial charge in [0.2, 0.25) is 0 Å². The first-order valence-electron chi connectivity index (χ1n) is 8.01. The smallest absolute Gasteiger partial charge is 0.131 e. The maximum Gasteiger partial charge on any atom is 0.131 e. The summed E-state index contributed by atoms with van der Waals surface area (Å²) in [5.74, 6) is -0.325. The van der Waals surface area contributed by atoms with Crippen LogP contribution in [0.4, 0.5) is 8.78 Å². The molecule has 2 nitrogen and oxygen atoms in total. The number of rotatable bonds is 5. The molecule has 0 atom stereocenters. The molecular formula is C22H15F2NO. The van der Waals surface area contributed by atoms with Gasteiger partial charge in [0.25, 0.3) is 0 Å². The van der Waals surface area contributed by atoms with E-state index < -0.39 is 5.82 Å². The number of nitrogens with zero attached hydrogens (tertiary/aromatic N) is 1. The third-order valence-corrected chi connectivity index (χ3v) is 3.84. The molecule has 0 heterocycles. The minimum Gasteiger partial charge on any atom is -0.488 e. The van der Waals surface area contributed by atoms with Crippen molar-refractivity contribution < 1.29 is 13.5 Å². The number of ether oxygens (including phenoxy) is 1. The second kappa shape index (κ2) is 8.09. The molecule has 0 aromatic heterocycles. The lowest BCUT2D eigenvalue weighted by Crippen LogP contribution is -1.99. The molecule has 26 heavy (non-hydrogen) atoms. The number of hydrogen-bond donors (Lipinski definition) is 0. The van der Waals surface area contributed by atoms with Crippen molar-refractivity contribution in [2.75, 3.05) is 0 Å². The molecule has 3 aromatic rings. The van der Waals surface area contributed by atoms with Crippen molar-refractivity contribution in [1.82, 2.24) is 0 Å². The summed E-state index contributed by atoms with van der Waals surface area (Å²) < 4.78 is 33.5. The molecule has 0 saturated heterocycles. The number of allylic oxidation sites excluding steroid dienone is 1. The van der Waals surface area contributed by atoms with E-state index in [0.717, 1.165) is 0 Å². The SMILES string of the molecule is N#CC(=Cc1ccccc1OCc1ccccc1F)c1ccccc1F. The Bertz CT molecular complexity index is 989. The molecule has 128 valence electrons. The third kappa shape index (κ3) is 3.96. The Hall–Kier alpha value is -3.45. The Balaban J connectivity index is 1.90. The maximum atomic E-state index is 14.0. The normalized spacial score (nSPS) is 11.0. The highest BCUT2D eigenvalue weighted by Crippen LogP contribution is 2.26. The van der Waals surface area contributed by atoms with Crippen LogP contribution in [0, 0.1) is 23.0 Å². The average molecular weight is 347 g/mol. The lowest BCUT2D eigenvalue weighted by molar-refractivity contribution is 0.299. The zero-order valence-electron chi connectivity index (χ0n) is 13.8. The summed E-state index contributed by atoms with van der Waals surface area (Å²) in [6.07, 6.45) is 1.56. The first-order chi connectivity index (χ1) is 12.7. The van der Waals surface area contributed by atoms with E-state index >= 15 is 0 Å². The van der Waals surface area contributed by atoms with E-state index in [1.165, 1.54) is 12.1 Å². The van der Waals surface area contributed by atoms with Gasteiger partial charge in [-0.05, 0) is 24.3 Å². The van der Waals surface area contributed by atoms with E-state index in [2.05, 4.69) is 0 Å². The molecule has 4 heteroatoms. The van der Waals surface area contributed by atoms with Crippen LogP contribution in [0.15, 0.2) is 72.8 Å². The van der Waals surface area contributed by atoms with Crippen LogP contribution >= 0.6 is 0 Å². The van der Waals surface area contributed by atoms with Gasteiger partial charge in [-0.1, -0.05) is 54.6 Å². The molecule has 0 N–H and O–H groups in total. The van der Waals surface area contributed by atoms with Gasteiger partial charge in [-0.3, -0.25) is 0 Å². The van der Waals surface area contributed by atoms with Gasteiger partial charge in [-0.15, -0.1) is 0 Å². The Morgan fingerprint density at radius 2 is 1.54 bits per heavy atom. The van der Waals surface area contributed by atoms with E-state index in [1.807, 2.05) is 6.07 Å². The lowest BCUT2D eigenvalue weighted by Gasteiger charge is -2.10. The molecule has 0 fully saturated rings. The maximum absolute atomic E-state index is 14.0. The molecule has 0 radical (unpaired) electrons. The summed E-state index contributed by atoms with van der Waals surface area (Å²) in [4.78, 5) is 0. The van der Waals surface area contributed by atoms with Crippen LogP contribution < -0.4 is 4.74 Å². The molecule has 3 aromatic carbocycles. The van der Waals surface area contributed by atoms with Crippen LogP contribution in [0.1, 0.15) is 16.7 Å². The largest absolute Gasteiger partial charge is 0.488 e. The highest BCUT2D eigenvalue weighted by atomic mass is 19.1. The lowest BCUT2D eigenvalue weighted by atomic mass is 10.0. The summed E-state index contributed by atoms with van der Waals surface area (Å²) in [6.45, 7) is 0.0547. The molecule has 0 saturated carbocycles. The molecule has 0 aliphatic carbocycles. The van der Waals surface area contributed by atoms with Crippen LogP contribution in [0.2, 0.25) is 0 Å². The van der Waals surface area contributed by atoms with Crippen LogP contribution in [0.3, 0.4) is 0 Å². The first-order valence-corrected chi connectivity index (χ1v) is 8.01. The molecule has 0 spiro atoms. The summed E-state index contributed by atoms with van der Waals surface area (Å²) in [5, 5.41) is 9.43. The van der Waals surface area contributed by atoms with Crippen molar-refractivity contribution >= 4 is 11.6 Å². The second-order valence-electron chi connectivity index (χ2n) is 5.57. The van der Waals surface area contributed by atoms with Crippen LogP contribution in [0.25, 0.3) is 11.6 Å². The Labute approximate surface area is 150 Å². The van der Waals surface area contributed by atoms with Crippen molar-refractivity contribution in [2.45, 2.75) is 6.61 Å². The van der Waals surface area contributed by atoms with E-state index in [4.69, 9.17) is 4.74 Å². The van der Waals surface area contributed by atoms with Gasteiger partial charge in [-0.2, -0.15) is 5.26 Å². The zero-order valence-corrected chi connectivity index (χ0v) is 13.8. The number of hydrogen-bond acceptors (Lipinski definition) is 2. The monoisotopic (exact) mass is 347 g/mol. The minimum atomic E-state index is -0.468. The number of para-hydroxylation sites is 1. The summed E-state index contributed by atoms with van der Waals surface area (Å²) in [6, 6.07) is 21.5. The number of benzene rings is 3. The van der Waals surface area contributed by atoms with Gasteiger partial charge in [0.05, 0.1) is 11.6 Å². The molecule has 0 bridgehead atoms. The van der Waals surface area contributed by atoms with Crippen molar-refractivity contribution in [1.29, 1.82) is 5.26 Å². The van der Waals surface area contributed by atoms with Gasteiger partial charge in [0.15, 0.2) is 0 Å². The number of halogens is 2. The minimum absolute atomic E-state index is 0.0547. The van der Waals surface area contributed by atoms with Crippen molar-refractivity contribution in [3.63, 3.8) is 0 Å². The standard InChI is InChI=1S/C22H15F2NO/c23-20-10-4-1-8-17(20)15-26-22-12-6-2-7-16(22)13-18(14-25)19-9-3-5-11-21(19)24/h1-13H,15H2. The van der Waals surface area contributed by atoms with Crippen molar-refractivity contribution in [3.05, 3.63) is 101 Å². The zero-order chi connectivity index (χ0) is 18.4. The fourth-order valence-electron chi connectivity index (χ4n) is 2.51. The van der Waals surface area contributed by atoms with Gasteiger partial charge >= 0.3 is 0 Å². The van der Waals surface area contributed by atoms with Gasteiger partial charge in [0.1, 0.15) is 24.0 Å². The first kappa shape index (κ1) is 17.4. The van der Waals surface area contributed by atoms with Crippen LogP contribution in [-0.2, 0) is 6.61 Å². The third-order valence-electron chi connectivity index (χ3n) is 3.84. The van der Waals surface area contributed by atoms with Crippen molar-refractivity contribution in [2.24, 2.45) is 0 Å². The molecule has 0 aliphatic rings. The van der Waals surface area contributed by atoms with Crippen LogP contribution in [0.5, 0.6) is 5.75 Å².